The number of nitrogens with one attached hydrogen (secondary N) is 1. The summed E-state index contributed by atoms with van der Waals surface area (Å²) in [5.74, 6) is 0.238. The van der Waals surface area contributed by atoms with Crippen LogP contribution in [0.25, 0.3) is 0 Å². The predicted molar refractivity (Wildman–Crippen MR) is 80.9 cm³/mol. The van der Waals surface area contributed by atoms with Crippen molar-refractivity contribution < 1.29 is 9.53 Å². The summed E-state index contributed by atoms with van der Waals surface area (Å²) in [4.78, 5) is 11.9. The van der Waals surface area contributed by atoms with E-state index in [-0.39, 0.29) is 12.5 Å². The van der Waals surface area contributed by atoms with Gasteiger partial charge in [-0.3, -0.25) is 4.79 Å². The second kappa shape index (κ2) is 6.44. The Bertz CT molecular complexity index is 667. The van der Waals surface area contributed by atoms with E-state index in [0.29, 0.717) is 22.7 Å². The van der Waals surface area contributed by atoms with Crippen LogP contribution >= 0.6 is 0 Å². The van der Waals surface area contributed by atoms with Crippen molar-refractivity contribution in [1.82, 2.24) is 0 Å². The fourth-order valence-electron chi connectivity index (χ4n) is 1.81. The quantitative estimate of drug-likeness (QED) is 0.843. The highest BCUT2D eigenvalue weighted by molar-refractivity contribution is 5.95. The largest absolute Gasteiger partial charge is 0.484 e. The molecule has 2 aromatic carbocycles. The highest BCUT2D eigenvalue weighted by Gasteiger charge is 2.08. The summed E-state index contributed by atoms with van der Waals surface area (Å²) in [6.07, 6.45) is 0. The van der Waals surface area contributed by atoms with Gasteiger partial charge in [-0.15, -0.1) is 0 Å². The van der Waals surface area contributed by atoms with Gasteiger partial charge in [0.15, 0.2) is 6.61 Å². The summed E-state index contributed by atoms with van der Waals surface area (Å²) in [6.45, 7) is 1.74. The number of hydrogen-bond donors (Lipinski definition) is 2. The van der Waals surface area contributed by atoms with Gasteiger partial charge >= 0.3 is 0 Å². The number of carbonyl (C=O) groups is 1. The molecular weight excluding hydrogens is 266 g/mol. The van der Waals surface area contributed by atoms with Crippen molar-refractivity contribution in [2.75, 3.05) is 17.7 Å². The van der Waals surface area contributed by atoms with Crippen molar-refractivity contribution in [1.29, 1.82) is 5.26 Å². The Morgan fingerprint density at radius 1 is 1.29 bits per heavy atom. The van der Waals surface area contributed by atoms with Gasteiger partial charge in [0.2, 0.25) is 0 Å². The first-order valence-electron chi connectivity index (χ1n) is 6.38. The minimum absolute atomic E-state index is 0.125. The molecule has 0 aromatic heterocycles. The van der Waals surface area contributed by atoms with E-state index in [4.69, 9.17) is 15.7 Å². The molecule has 0 atom stereocenters. The van der Waals surface area contributed by atoms with Crippen LogP contribution in [0.4, 0.5) is 11.4 Å². The van der Waals surface area contributed by atoms with Crippen molar-refractivity contribution in [3.05, 3.63) is 53.6 Å². The van der Waals surface area contributed by atoms with Gasteiger partial charge in [0, 0.05) is 0 Å². The molecule has 2 rings (SSSR count). The first kappa shape index (κ1) is 14.4. The summed E-state index contributed by atoms with van der Waals surface area (Å²) in [7, 11) is 0. The molecule has 1 amide bonds. The van der Waals surface area contributed by atoms with Gasteiger partial charge in [-0.05, 0) is 42.8 Å². The molecule has 0 heterocycles. The smallest absolute Gasteiger partial charge is 0.262 e. The molecular formula is C16H15N3O2. The van der Waals surface area contributed by atoms with E-state index >= 15 is 0 Å². The maximum atomic E-state index is 11.9. The van der Waals surface area contributed by atoms with Gasteiger partial charge in [-0.1, -0.05) is 12.1 Å². The third kappa shape index (κ3) is 3.74. The summed E-state index contributed by atoms with van der Waals surface area (Å²) in [6, 6.07) is 14.0. The second-order valence-corrected chi connectivity index (χ2v) is 4.51. The molecule has 0 saturated carbocycles. The molecule has 0 aliphatic rings. The van der Waals surface area contributed by atoms with E-state index in [1.165, 1.54) is 0 Å². The lowest BCUT2D eigenvalue weighted by Gasteiger charge is -2.11. The zero-order valence-corrected chi connectivity index (χ0v) is 11.6. The number of nitriles is 1. The number of anilines is 2. The van der Waals surface area contributed by atoms with Gasteiger partial charge in [-0.25, -0.2) is 0 Å². The monoisotopic (exact) mass is 281 g/mol. The number of aryl methyl sites for hydroxylation is 1. The molecule has 0 fully saturated rings. The van der Waals surface area contributed by atoms with Gasteiger partial charge in [0.05, 0.1) is 23.0 Å². The summed E-state index contributed by atoms with van der Waals surface area (Å²) in [5, 5.41) is 11.4. The predicted octanol–water partition coefficient (Wildman–Crippen LogP) is 2.47. The third-order valence-electron chi connectivity index (χ3n) is 2.92. The average Bonchev–Trinajstić information content (AvgIpc) is 2.49. The van der Waals surface area contributed by atoms with Crippen LogP contribution in [-0.4, -0.2) is 12.5 Å². The highest BCUT2D eigenvalue weighted by atomic mass is 16.5. The van der Waals surface area contributed by atoms with Gasteiger partial charge in [0.1, 0.15) is 5.75 Å². The van der Waals surface area contributed by atoms with Crippen molar-refractivity contribution >= 4 is 17.3 Å². The lowest BCUT2D eigenvalue weighted by molar-refractivity contribution is -0.118. The van der Waals surface area contributed by atoms with Crippen molar-refractivity contribution in [2.24, 2.45) is 0 Å². The second-order valence-electron chi connectivity index (χ2n) is 4.51. The molecule has 0 aliphatic heterocycles. The van der Waals surface area contributed by atoms with Crippen molar-refractivity contribution in [3.63, 3.8) is 0 Å². The van der Waals surface area contributed by atoms with Gasteiger partial charge in [0.25, 0.3) is 5.91 Å². The molecule has 2 aromatic rings. The zero-order valence-electron chi connectivity index (χ0n) is 11.6. The number of ether oxygens (including phenoxy) is 1. The Morgan fingerprint density at radius 3 is 2.62 bits per heavy atom. The number of nitrogens with two attached hydrogens (primary N) is 1. The minimum Gasteiger partial charge on any atom is -0.484 e. The summed E-state index contributed by atoms with van der Waals surface area (Å²) in [5.41, 5.74) is 8.37. The van der Waals surface area contributed by atoms with E-state index < -0.39 is 0 Å². The van der Waals surface area contributed by atoms with Gasteiger partial charge in [-0.2, -0.15) is 5.26 Å². The lowest BCUT2D eigenvalue weighted by Crippen LogP contribution is -2.21. The van der Waals surface area contributed by atoms with E-state index in [1.54, 1.807) is 30.3 Å². The van der Waals surface area contributed by atoms with Crippen molar-refractivity contribution in [2.45, 2.75) is 6.92 Å². The van der Waals surface area contributed by atoms with Crippen LogP contribution in [0.3, 0.4) is 0 Å². The van der Waals surface area contributed by atoms with Crippen LogP contribution in [-0.2, 0) is 4.79 Å². The average molecular weight is 281 g/mol. The fraction of sp³-hybridized carbons (Fsp3) is 0.125. The van der Waals surface area contributed by atoms with E-state index in [1.807, 2.05) is 25.1 Å². The maximum absolute atomic E-state index is 11.9. The summed E-state index contributed by atoms with van der Waals surface area (Å²) >= 11 is 0. The molecule has 0 bridgehead atoms. The molecule has 5 heteroatoms. The molecule has 0 saturated heterocycles. The minimum atomic E-state index is -0.291. The van der Waals surface area contributed by atoms with Crippen LogP contribution < -0.4 is 15.8 Å². The van der Waals surface area contributed by atoms with Crippen LogP contribution in [0, 0.1) is 18.3 Å². The SMILES string of the molecule is Cc1cccc(N)c1NC(=O)COc1ccc(C#N)cc1. The van der Waals surface area contributed by atoms with Crippen LogP contribution in [0.5, 0.6) is 5.75 Å². The molecule has 5 nitrogen and oxygen atoms in total. The third-order valence-corrected chi connectivity index (χ3v) is 2.92. The highest BCUT2D eigenvalue weighted by Crippen LogP contribution is 2.22. The molecule has 21 heavy (non-hydrogen) atoms. The molecule has 106 valence electrons. The number of para-hydroxylation sites is 1. The van der Waals surface area contributed by atoms with E-state index in [9.17, 15) is 4.79 Å². The normalized spacial score (nSPS) is 9.71. The summed E-state index contributed by atoms with van der Waals surface area (Å²) < 4.78 is 5.36. The van der Waals surface area contributed by atoms with Crippen LogP contribution in [0.2, 0.25) is 0 Å². The Labute approximate surface area is 123 Å². The fourth-order valence-corrected chi connectivity index (χ4v) is 1.81. The Kier molecular flexibility index (Phi) is 4.42. The van der Waals surface area contributed by atoms with Crippen molar-refractivity contribution in [3.8, 4) is 11.8 Å². The number of nitrogen functional groups attached to an aromatic ring is 1. The zero-order chi connectivity index (χ0) is 15.2. The van der Waals surface area contributed by atoms with Crippen LogP contribution in [0.15, 0.2) is 42.5 Å². The lowest BCUT2D eigenvalue weighted by atomic mass is 10.1. The molecule has 0 spiro atoms. The standard InChI is InChI=1S/C16H15N3O2/c1-11-3-2-4-14(18)16(11)19-15(20)10-21-13-7-5-12(9-17)6-8-13/h2-8H,10,18H2,1H3,(H,19,20). The molecule has 0 unspecified atom stereocenters. The molecule has 0 radical (unpaired) electrons. The van der Waals surface area contributed by atoms with Crippen LogP contribution in [0.1, 0.15) is 11.1 Å². The van der Waals surface area contributed by atoms with E-state index in [2.05, 4.69) is 5.32 Å². The molecule has 3 N–H and O–H groups in total. The topological polar surface area (TPSA) is 88.1 Å². The Hall–Kier alpha value is -3.00. The number of hydrogen-bond acceptors (Lipinski definition) is 4. The number of amides is 1. The number of carbonyl (C=O) groups excluding carboxylic acids is 1. The number of rotatable bonds is 4. The number of nitrogens with zero attached hydrogens (tertiary/aromatic N) is 1. The molecule has 0 aliphatic carbocycles. The maximum Gasteiger partial charge on any atom is 0.262 e. The first-order chi connectivity index (χ1) is 10.1. The Balaban J connectivity index is 1.94. The van der Waals surface area contributed by atoms with Gasteiger partial charge < -0.3 is 15.8 Å². The first-order valence-corrected chi connectivity index (χ1v) is 6.38. The van der Waals surface area contributed by atoms with E-state index in [0.717, 1.165) is 5.56 Å². The Morgan fingerprint density at radius 2 is 2.00 bits per heavy atom. The number of benzene rings is 2.